The average Bonchev–Trinajstić information content (AvgIpc) is 1.79. The van der Waals surface area contributed by atoms with E-state index in [0.717, 1.165) is 0 Å². The van der Waals surface area contributed by atoms with Gasteiger partial charge in [0, 0.05) is 0 Å². The number of carbonyl (C=O) groups is 1. The van der Waals surface area contributed by atoms with Gasteiger partial charge in [0.1, 0.15) is 6.54 Å². The van der Waals surface area contributed by atoms with Crippen LogP contribution in [0.15, 0.2) is 0 Å². The Hall–Kier alpha value is -0.350. The van der Waals surface area contributed by atoms with Crippen molar-refractivity contribution in [1.82, 2.24) is 5.32 Å². The number of nitrogens with two attached hydrogens (primary N) is 2. The summed E-state index contributed by atoms with van der Waals surface area (Å²) in [6, 6.07) is 0. The minimum atomic E-state index is -4.27. The molecule has 0 saturated heterocycles. The maximum atomic E-state index is 10.5. The molecule has 0 aromatic carbocycles. The molecule has 0 rings (SSSR count). The summed E-state index contributed by atoms with van der Waals surface area (Å²) in [7, 11) is -4.27. The molecule has 0 aliphatic heterocycles. The molecule has 0 amide bonds. The van der Waals surface area contributed by atoms with Crippen LogP contribution in [0.4, 0.5) is 0 Å². The van der Waals surface area contributed by atoms with Crippen LogP contribution in [0.3, 0.4) is 0 Å². The van der Waals surface area contributed by atoms with E-state index in [2.05, 4.69) is 9.32 Å². The van der Waals surface area contributed by atoms with Crippen LogP contribution in [0, 0.1) is 5.41 Å². The van der Waals surface area contributed by atoms with Crippen molar-refractivity contribution in [3.8, 4) is 0 Å². The van der Waals surface area contributed by atoms with E-state index in [1.807, 2.05) is 5.32 Å². The second-order valence-corrected chi connectivity index (χ2v) is 2.87. The van der Waals surface area contributed by atoms with Crippen LogP contribution < -0.4 is 16.2 Å². The summed E-state index contributed by atoms with van der Waals surface area (Å²) < 4.78 is 23.9. The molecule has 0 aromatic heterocycles. The zero-order chi connectivity index (χ0) is 9.78. The summed E-state index contributed by atoms with van der Waals surface area (Å²) in [5.41, 5.74) is 4.79. The van der Waals surface area contributed by atoms with Crippen molar-refractivity contribution in [3.63, 3.8) is 0 Å². The molecule has 0 heterocycles. The normalized spacial score (nSPS) is 9.62. The molecule has 0 unspecified atom stereocenters. The van der Waals surface area contributed by atoms with Crippen molar-refractivity contribution in [2.24, 2.45) is 10.9 Å². The minimum absolute atomic E-state index is 0. The molecule has 6 N–H and O–H groups in total. The molecule has 10 heteroatoms. The van der Waals surface area contributed by atoms with Crippen LogP contribution in [0.2, 0.25) is 0 Å². The van der Waals surface area contributed by atoms with Crippen molar-refractivity contribution in [1.29, 1.82) is 5.41 Å². The number of nitrogens with one attached hydrogen (secondary N) is 2. The van der Waals surface area contributed by atoms with Crippen molar-refractivity contribution >= 4 is 51.8 Å². The Bertz CT molecular complexity index is 288. The molecular formula is C3H9N4NaO4S. The molecule has 0 spiro atoms. The van der Waals surface area contributed by atoms with E-state index < -0.39 is 28.8 Å². The molecule has 0 aliphatic carbocycles. The van der Waals surface area contributed by atoms with Crippen LogP contribution in [0.1, 0.15) is 0 Å². The maximum absolute atomic E-state index is 10.5. The second-order valence-electron chi connectivity index (χ2n) is 1.72. The van der Waals surface area contributed by atoms with Gasteiger partial charge in [-0.05, 0) is 0 Å². The van der Waals surface area contributed by atoms with Crippen molar-refractivity contribution in [2.75, 3.05) is 6.54 Å². The van der Waals surface area contributed by atoms with Gasteiger partial charge < -0.3 is 15.2 Å². The van der Waals surface area contributed by atoms with Gasteiger partial charge in [0.25, 0.3) is 0 Å². The molecule has 0 atom stereocenters. The van der Waals surface area contributed by atoms with Gasteiger partial charge in [-0.2, -0.15) is 13.6 Å². The van der Waals surface area contributed by atoms with Crippen molar-refractivity contribution in [2.45, 2.75) is 0 Å². The molecule has 0 bridgehead atoms. The topological polar surface area (TPSA) is 148 Å². The predicted molar refractivity (Wildman–Crippen MR) is 46.3 cm³/mol. The van der Waals surface area contributed by atoms with E-state index >= 15 is 0 Å². The number of hydrogen-bond donors (Lipinski definition) is 4. The zero-order valence-corrected chi connectivity index (χ0v) is 6.72. The summed E-state index contributed by atoms with van der Waals surface area (Å²) in [6.45, 7) is -0.522. The fourth-order valence-electron chi connectivity index (χ4n) is 0.326. The van der Waals surface area contributed by atoms with E-state index in [1.54, 1.807) is 0 Å². The van der Waals surface area contributed by atoms with Gasteiger partial charge in [-0.25, -0.2) is 4.79 Å². The van der Waals surface area contributed by atoms with E-state index in [9.17, 15) is 13.2 Å². The Labute approximate surface area is 97.0 Å². The van der Waals surface area contributed by atoms with Crippen molar-refractivity contribution < 1.29 is 17.4 Å². The SMILES string of the molecule is N=C(N)NCC(=O)OS(N)(=O)=O.[NaH]. The van der Waals surface area contributed by atoms with E-state index in [0.29, 0.717) is 0 Å². The number of rotatable bonds is 3. The van der Waals surface area contributed by atoms with Crippen LogP contribution in [-0.4, -0.2) is 56.4 Å². The predicted octanol–water partition coefficient (Wildman–Crippen LogP) is -3.43. The Kier molecular flexibility index (Phi) is 7.17. The van der Waals surface area contributed by atoms with Crippen molar-refractivity contribution in [3.05, 3.63) is 0 Å². The summed E-state index contributed by atoms with van der Waals surface area (Å²) in [5.74, 6) is -1.60. The van der Waals surface area contributed by atoms with E-state index in [1.165, 1.54) is 0 Å². The zero-order valence-electron chi connectivity index (χ0n) is 5.90. The first-order chi connectivity index (χ1) is 5.31. The molecular weight excluding hydrogens is 211 g/mol. The number of carbonyl (C=O) groups excluding carboxylic acids is 1. The van der Waals surface area contributed by atoms with Gasteiger partial charge in [0.2, 0.25) is 0 Å². The van der Waals surface area contributed by atoms with Gasteiger partial charge in [-0.3, -0.25) is 5.41 Å². The van der Waals surface area contributed by atoms with Gasteiger partial charge in [0.05, 0.1) is 0 Å². The van der Waals surface area contributed by atoms with Crippen LogP contribution >= 0.6 is 0 Å². The van der Waals surface area contributed by atoms with E-state index in [4.69, 9.17) is 11.1 Å². The van der Waals surface area contributed by atoms with Crippen LogP contribution in [-0.2, 0) is 19.3 Å². The third kappa shape index (κ3) is 11.7. The van der Waals surface area contributed by atoms with E-state index in [-0.39, 0.29) is 29.6 Å². The third-order valence-corrected chi connectivity index (χ3v) is 1.05. The second kappa shape index (κ2) is 6.16. The van der Waals surface area contributed by atoms with Gasteiger partial charge >= 0.3 is 45.8 Å². The Morgan fingerprint density at radius 3 is 2.31 bits per heavy atom. The van der Waals surface area contributed by atoms with Crippen LogP contribution in [0.25, 0.3) is 0 Å². The molecule has 0 aromatic rings. The van der Waals surface area contributed by atoms with Crippen LogP contribution in [0.5, 0.6) is 0 Å². The summed E-state index contributed by atoms with van der Waals surface area (Å²) in [5, 5.41) is 13.0. The Balaban J connectivity index is 0. The first kappa shape index (κ1) is 15.1. The summed E-state index contributed by atoms with van der Waals surface area (Å²) >= 11 is 0. The summed E-state index contributed by atoms with van der Waals surface area (Å²) in [4.78, 5) is 10.5. The Morgan fingerprint density at radius 2 is 2.00 bits per heavy atom. The molecule has 0 radical (unpaired) electrons. The molecule has 0 fully saturated rings. The fourth-order valence-corrected chi connectivity index (χ4v) is 0.644. The number of guanidine groups is 1. The number of hydrogen-bond acceptors (Lipinski definition) is 5. The van der Waals surface area contributed by atoms with Gasteiger partial charge in [-0.15, -0.1) is 0 Å². The fraction of sp³-hybridized carbons (Fsp3) is 0.333. The Morgan fingerprint density at radius 1 is 1.54 bits per heavy atom. The molecule has 13 heavy (non-hydrogen) atoms. The first-order valence-corrected chi connectivity index (χ1v) is 4.11. The van der Waals surface area contributed by atoms with Gasteiger partial charge in [-0.1, -0.05) is 0 Å². The van der Waals surface area contributed by atoms with Gasteiger partial charge in [0.15, 0.2) is 5.96 Å². The third-order valence-electron chi connectivity index (χ3n) is 0.632. The summed E-state index contributed by atoms with van der Waals surface area (Å²) in [6.07, 6.45) is 0. The standard InChI is InChI=1S/C3H8N4O4S.Na.H/c4-3(5)7-1-2(8)11-12(6,9)10;;/h1H2,(H4,4,5,7)(H2,6,9,10);;. The molecule has 0 saturated carbocycles. The monoisotopic (exact) mass is 220 g/mol. The molecule has 72 valence electrons. The molecule has 8 nitrogen and oxygen atoms in total. The average molecular weight is 220 g/mol. The first-order valence-electron chi connectivity index (χ1n) is 2.64. The quantitative estimate of drug-likeness (QED) is 0.221. The molecule has 0 aliphatic rings.